The van der Waals surface area contributed by atoms with Crippen molar-refractivity contribution in [2.75, 3.05) is 7.11 Å². The zero-order valence-corrected chi connectivity index (χ0v) is 13.3. The largest absolute Gasteiger partial charge is 0.497 e. The number of aryl methyl sites for hydroxylation is 1. The number of benzene rings is 1. The second kappa shape index (κ2) is 5.94. The third-order valence-electron chi connectivity index (χ3n) is 3.15. The molecule has 0 saturated carbocycles. The van der Waals surface area contributed by atoms with Gasteiger partial charge in [0.25, 0.3) is 0 Å². The van der Waals surface area contributed by atoms with Gasteiger partial charge in [0.05, 0.1) is 28.3 Å². The lowest BCUT2D eigenvalue weighted by atomic mass is 10.1. The quantitative estimate of drug-likeness (QED) is 0.916. The molecule has 0 unspecified atom stereocenters. The Hall–Kier alpha value is -1.39. The summed E-state index contributed by atoms with van der Waals surface area (Å²) in [6.45, 7) is 5.70. The van der Waals surface area contributed by atoms with Crippen LogP contribution in [0, 0.1) is 0 Å². The third-order valence-corrected chi connectivity index (χ3v) is 4.56. The van der Waals surface area contributed by atoms with Gasteiger partial charge in [0.1, 0.15) is 5.75 Å². The summed E-state index contributed by atoms with van der Waals surface area (Å²) in [5, 5.41) is 11.2. The van der Waals surface area contributed by atoms with Crippen molar-refractivity contribution < 1.29 is 9.84 Å². The molecule has 2 aromatic rings. The van der Waals surface area contributed by atoms with Crippen LogP contribution in [0.25, 0.3) is 0 Å². The van der Waals surface area contributed by atoms with Crippen molar-refractivity contribution in [1.29, 1.82) is 0 Å². The van der Waals surface area contributed by atoms with E-state index in [1.165, 1.54) is 5.56 Å². The first-order valence-corrected chi connectivity index (χ1v) is 7.60. The molecule has 0 atom stereocenters. The highest BCUT2D eigenvalue weighted by Gasteiger charge is 2.23. The lowest BCUT2D eigenvalue weighted by Crippen LogP contribution is -2.15. The molecule has 1 heterocycles. The van der Waals surface area contributed by atoms with Crippen LogP contribution < -0.4 is 4.74 Å². The molecule has 2 rings (SSSR count). The Labute approximate surface area is 124 Å². The Morgan fingerprint density at radius 3 is 2.35 bits per heavy atom. The van der Waals surface area contributed by atoms with Crippen molar-refractivity contribution in [2.45, 2.75) is 39.2 Å². The van der Waals surface area contributed by atoms with Crippen LogP contribution in [0.1, 0.15) is 41.9 Å². The fourth-order valence-corrected chi connectivity index (χ4v) is 3.30. The van der Waals surface area contributed by atoms with Gasteiger partial charge in [0, 0.05) is 6.42 Å². The van der Waals surface area contributed by atoms with Crippen molar-refractivity contribution in [3.8, 4) is 5.75 Å². The molecule has 0 amide bonds. The zero-order chi connectivity index (χ0) is 14.8. The molecule has 1 N–H and O–H groups in total. The van der Waals surface area contributed by atoms with Crippen molar-refractivity contribution in [2.24, 2.45) is 0 Å². The lowest BCUT2D eigenvalue weighted by Gasteiger charge is -2.15. The van der Waals surface area contributed by atoms with E-state index in [1.807, 2.05) is 26.0 Å². The first-order valence-electron chi connectivity index (χ1n) is 6.78. The molecule has 0 fully saturated rings. The highest BCUT2D eigenvalue weighted by atomic mass is 32.1. The number of aliphatic hydroxyl groups is 1. The highest BCUT2D eigenvalue weighted by Crippen LogP contribution is 2.31. The SMILES string of the molecule is CCc1nc(Cc2ccc(OC)cc2)sc1C(C)(C)O. The van der Waals surface area contributed by atoms with Gasteiger partial charge < -0.3 is 9.84 Å². The standard InChI is InChI=1S/C16H21NO2S/c1-5-13-15(16(2,3)18)20-14(17-13)10-11-6-8-12(19-4)9-7-11/h6-9,18H,5,10H2,1-4H3. The third kappa shape index (κ3) is 3.38. The predicted molar refractivity (Wildman–Crippen MR) is 82.5 cm³/mol. The molecule has 3 nitrogen and oxygen atoms in total. The van der Waals surface area contributed by atoms with Crippen LogP contribution in [0.4, 0.5) is 0 Å². The number of hydrogen-bond donors (Lipinski definition) is 1. The Kier molecular flexibility index (Phi) is 4.45. The van der Waals surface area contributed by atoms with Crippen molar-refractivity contribution in [1.82, 2.24) is 4.98 Å². The highest BCUT2D eigenvalue weighted by molar-refractivity contribution is 7.11. The van der Waals surface area contributed by atoms with Crippen molar-refractivity contribution in [3.63, 3.8) is 0 Å². The Morgan fingerprint density at radius 1 is 1.25 bits per heavy atom. The number of rotatable bonds is 5. The molecular weight excluding hydrogens is 270 g/mol. The van der Waals surface area contributed by atoms with Crippen LogP contribution in [0.2, 0.25) is 0 Å². The monoisotopic (exact) mass is 291 g/mol. The normalized spacial score (nSPS) is 11.7. The number of methoxy groups -OCH3 is 1. The Bertz CT molecular complexity index is 567. The summed E-state index contributed by atoms with van der Waals surface area (Å²) in [6.07, 6.45) is 1.64. The molecule has 1 aromatic carbocycles. The molecule has 0 spiro atoms. The van der Waals surface area contributed by atoms with Gasteiger partial charge in [0.2, 0.25) is 0 Å². The average Bonchev–Trinajstić information content (AvgIpc) is 2.83. The first kappa shape index (κ1) is 15.0. The van der Waals surface area contributed by atoms with E-state index < -0.39 is 5.60 Å². The minimum absolute atomic E-state index is 0.789. The maximum Gasteiger partial charge on any atom is 0.118 e. The summed E-state index contributed by atoms with van der Waals surface area (Å²) < 4.78 is 5.16. The molecule has 0 bridgehead atoms. The van der Waals surface area contributed by atoms with Crippen LogP contribution in [-0.4, -0.2) is 17.2 Å². The van der Waals surface area contributed by atoms with Gasteiger partial charge in [-0.3, -0.25) is 0 Å². The van der Waals surface area contributed by atoms with Crippen LogP contribution >= 0.6 is 11.3 Å². The number of hydrogen-bond acceptors (Lipinski definition) is 4. The van der Waals surface area contributed by atoms with E-state index in [9.17, 15) is 5.11 Å². The van der Waals surface area contributed by atoms with E-state index in [2.05, 4.69) is 24.0 Å². The van der Waals surface area contributed by atoms with E-state index in [0.29, 0.717) is 0 Å². The summed E-state index contributed by atoms with van der Waals surface area (Å²) in [7, 11) is 1.67. The summed E-state index contributed by atoms with van der Waals surface area (Å²) in [6, 6.07) is 8.02. The fraction of sp³-hybridized carbons (Fsp3) is 0.438. The molecule has 1 aromatic heterocycles. The van der Waals surface area contributed by atoms with Crippen LogP contribution in [0.5, 0.6) is 5.75 Å². The van der Waals surface area contributed by atoms with Crippen LogP contribution in [0.15, 0.2) is 24.3 Å². The number of thiazole rings is 1. The van der Waals surface area contributed by atoms with Crippen molar-refractivity contribution in [3.05, 3.63) is 45.4 Å². The van der Waals surface area contributed by atoms with E-state index in [-0.39, 0.29) is 0 Å². The van der Waals surface area contributed by atoms with E-state index in [4.69, 9.17) is 4.74 Å². The van der Waals surface area contributed by atoms with E-state index >= 15 is 0 Å². The minimum atomic E-state index is -0.818. The Balaban J connectivity index is 2.23. The average molecular weight is 291 g/mol. The number of aromatic nitrogens is 1. The molecule has 0 saturated heterocycles. The molecule has 0 aliphatic rings. The van der Waals surface area contributed by atoms with E-state index in [0.717, 1.165) is 34.2 Å². The molecule has 108 valence electrons. The topological polar surface area (TPSA) is 42.4 Å². The Morgan fingerprint density at radius 2 is 1.90 bits per heavy atom. The van der Waals surface area contributed by atoms with Gasteiger partial charge >= 0.3 is 0 Å². The fourth-order valence-electron chi connectivity index (χ4n) is 2.11. The first-order chi connectivity index (χ1) is 9.44. The van der Waals surface area contributed by atoms with Gasteiger partial charge in [-0.1, -0.05) is 19.1 Å². The summed E-state index contributed by atoms with van der Waals surface area (Å²) in [5.41, 5.74) is 1.39. The van der Waals surface area contributed by atoms with Crippen molar-refractivity contribution >= 4 is 11.3 Å². The van der Waals surface area contributed by atoms with E-state index in [1.54, 1.807) is 18.4 Å². The maximum atomic E-state index is 10.2. The van der Waals surface area contributed by atoms with Gasteiger partial charge in [-0.2, -0.15) is 0 Å². The second-order valence-corrected chi connectivity index (χ2v) is 6.40. The minimum Gasteiger partial charge on any atom is -0.497 e. The molecular formula is C16H21NO2S. The number of ether oxygens (including phenoxy) is 1. The molecule has 4 heteroatoms. The predicted octanol–water partition coefficient (Wildman–Crippen LogP) is 3.53. The molecule has 0 aliphatic heterocycles. The number of nitrogens with zero attached hydrogens (tertiary/aromatic N) is 1. The molecule has 20 heavy (non-hydrogen) atoms. The lowest BCUT2D eigenvalue weighted by molar-refractivity contribution is 0.0814. The summed E-state index contributed by atoms with van der Waals surface area (Å²) >= 11 is 1.60. The van der Waals surface area contributed by atoms with Crippen LogP contribution in [0.3, 0.4) is 0 Å². The maximum absolute atomic E-state index is 10.2. The molecule has 0 radical (unpaired) electrons. The van der Waals surface area contributed by atoms with Gasteiger partial charge in [-0.05, 0) is 38.0 Å². The van der Waals surface area contributed by atoms with Gasteiger partial charge in [-0.15, -0.1) is 11.3 Å². The van der Waals surface area contributed by atoms with Gasteiger partial charge in [0.15, 0.2) is 0 Å². The second-order valence-electron chi connectivity index (χ2n) is 5.32. The summed E-state index contributed by atoms with van der Waals surface area (Å²) in [5.74, 6) is 0.860. The molecule has 0 aliphatic carbocycles. The smallest absolute Gasteiger partial charge is 0.118 e. The van der Waals surface area contributed by atoms with Crippen LogP contribution in [-0.2, 0) is 18.4 Å². The zero-order valence-electron chi connectivity index (χ0n) is 12.4. The summed E-state index contributed by atoms with van der Waals surface area (Å²) in [4.78, 5) is 5.64. The van der Waals surface area contributed by atoms with Gasteiger partial charge in [-0.25, -0.2) is 4.98 Å².